The van der Waals surface area contributed by atoms with Crippen LogP contribution in [-0.4, -0.2) is 29.3 Å². The number of rotatable bonds is 2. The Kier molecular flexibility index (Phi) is 3.39. The standard InChI is InChI=1S/C9H16ClNO/c1-7(2)5-9(12)11-4-3-8(10)6-11/h7-8H,3-6H2,1-2H3. The topological polar surface area (TPSA) is 20.3 Å². The highest BCUT2D eigenvalue weighted by Gasteiger charge is 2.24. The molecule has 0 radical (unpaired) electrons. The zero-order chi connectivity index (χ0) is 9.14. The monoisotopic (exact) mass is 189 g/mol. The number of carbonyl (C=O) groups is 1. The van der Waals surface area contributed by atoms with E-state index in [1.165, 1.54) is 0 Å². The van der Waals surface area contributed by atoms with Crippen LogP contribution < -0.4 is 0 Å². The van der Waals surface area contributed by atoms with Gasteiger partial charge in [0, 0.05) is 19.5 Å². The highest BCUT2D eigenvalue weighted by Crippen LogP contribution is 2.16. The number of hydrogen-bond acceptors (Lipinski definition) is 1. The van der Waals surface area contributed by atoms with Crippen LogP contribution in [0.4, 0.5) is 0 Å². The predicted octanol–water partition coefficient (Wildman–Crippen LogP) is 1.87. The first kappa shape index (κ1) is 9.85. The van der Waals surface area contributed by atoms with Crippen molar-refractivity contribution in [3.05, 3.63) is 0 Å². The Bertz CT molecular complexity index is 170. The predicted molar refractivity (Wildman–Crippen MR) is 50.3 cm³/mol. The van der Waals surface area contributed by atoms with Gasteiger partial charge in [0.1, 0.15) is 0 Å². The number of nitrogens with zero attached hydrogens (tertiary/aromatic N) is 1. The zero-order valence-electron chi connectivity index (χ0n) is 7.72. The van der Waals surface area contributed by atoms with E-state index in [4.69, 9.17) is 11.6 Å². The van der Waals surface area contributed by atoms with E-state index >= 15 is 0 Å². The van der Waals surface area contributed by atoms with E-state index in [1.54, 1.807) is 0 Å². The van der Waals surface area contributed by atoms with Crippen LogP contribution in [0.15, 0.2) is 0 Å². The third-order valence-electron chi connectivity index (χ3n) is 2.07. The first-order valence-electron chi connectivity index (χ1n) is 4.51. The average Bonchev–Trinajstić information content (AvgIpc) is 2.34. The lowest BCUT2D eigenvalue weighted by Gasteiger charge is -2.16. The van der Waals surface area contributed by atoms with E-state index in [1.807, 2.05) is 4.90 Å². The summed E-state index contributed by atoms with van der Waals surface area (Å²) in [6, 6.07) is 0. The van der Waals surface area contributed by atoms with E-state index in [0.29, 0.717) is 12.3 Å². The van der Waals surface area contributed by atoms with Gasteiger partial charge in [-0.25, -0.2) is 0 Å². The molecular weight excluding hydrogens is 174 g/mol. The average molecular weight is 190 g/mol. The summed E-state index contributed by atoms with van der Waals surface area (Å²) in [5, 5.41) is 0.182. The number of alkyl halides is 1. The molecule has 1 rings (SSSR count). The number of likely N-dealkylation sites (tertiary alicyclic amines) is 1. The van der Waals surface area contributed by atoms with Gasteiger partial charge in [0.25, 0.3) is 0 Å². The Balaban J connectivity index is 2.33. The van der Waals surface area contributed by atoms with Crippen LogP contribution in [-0.2, 0) is 4.79 Å². The summed E-state index contributed by atoms with van der Waals surface area (Å²) in [4.78, 5) is 13.3. The van der Waals surface area contributed by atoms with Crippen LogP contribution in [0.1, 0.15) is 26.7 Å². The van der Waals surface area contributed by atoms with Gasteiger partial charge >= 0.3 is 0 Å². The number of amides is 1. The van der Waals surface area contributed by atoms with Gasteiger partial charge in [0.2, 0.25) is 5.91 Å². The summed E-state index contributed by atoms with van der Waals surface area (Å²) < 4.78 is 0. The first-order chi connectivity index (χ1) is 5.59. The number of carbonyl (C=O) groups excluding carboxylic acids is 1. The molecule has 0 N–H and O–H groups in total. The molecule has 1 fully saturated rings. The molecule has 0 saturated carbocycles. The van der Waals surface area contributed by atoms with Crippen molar-refractivity contribution in [1.82, 2.24) is 4.90 Å². The minimum absolute atomic E-state index is 0.182. The second-order valence-corrected chi connectivity index (χ2v) is 4.44. The lowest BCUT2D eigenvalue weighted by atomic mass is 10.1. The molecule has 0 bridgehead atoms. The maximum atomic E-state index is 11.5. The van der Waals surface area contributed by atoms with Gasteiger partial charge in [-0.15, -0.1) is 11.6 Å². The summed E-state index contributed by atoms with van der Waals surface area (Å²) in [5.41, 5.74) is 0. The summed E-state index contributed by atoms with van der Waals surface area (Å²) in [6.07, 6.45) is 1.61. The first-order valence-corrected chi connectivity index (χ1v) is 4.95. The lowest BCUT2D eigenvalue weighted by Crippen LogP contribution is -2.29. The van der Waals surface area contributed by atoms with Gasteiger partial charge in [0.05, 0.1) is 5.38 Å². The van der Waals surface area contributed by atoms with Crippen molar-refractivity contribution < 1.29 is 4.79 Å². The third kappa shape index (κ3) is 2.67. The van der Waals surface area contributed by atoms with Crippen LogP contribution in [0.25, 0.3) is 0 Å². The molecule has 1 heterocycles. The van der Waals surface area contributed by atoms with Crippen LogP contribution in [0.5, 0.6) is 0 Å². The largest absolute Gasteiger partial charge is 0.341 e. The molecule has 0 aromatic carbocycles. The molecule has 1 atom stereocenters. The van der Waals surface area contributed by atoms with E-state index < -0.39 is 0 Å². The Morgan fingerprint density at radius 2 is 2.33 bits per heavy atom. The van der Waals surface area contributed by atoms with Crippen LogP contribution in [0.3, 0.4) is 0 Å². The normalized spacial score (nSPS) is 23.7. The molecule has 0 aliphatic carbocycles. The van der Waals surface area contributed by atoms with E-state index in [2.05, 4.69) is 13.8 Å². The highest BCUT2D eigenvalue weighted by atomic mass is 35.5. The number of halogens is 1. The Morgan fingerprint density at radius 3 is 2.75 bits per heavy atom. The molecule has 0 aromatic rings. The van der Waals surface area contributed by atoms with Crippen LogP contribution in [0, 0.1) is 5.92 Å². The molecule has 1 saturated heterocycles. The van der Waals surface area contributed by atoms with Gasteiger partial charge in [-0.1, -0.05) is 13.8 Å². The second kappa shape index (κ2) is 4.13. The molecule has 12 heavy (non-hydrogen) atoms. The number of hydrogen-bond donors (Lipinski definition) is 0. The second-order valence-electron chi connectivity index (χ2n) is 3.82. The van der Waals surface area contributed by atoms with Gasteiger partial charge < -0.3 is 4.90 Å². The van der Waals surface area contributed by atoms with Crippen LogP contribution >= 0.6 is 11.6 Å². The smallest absolute Gasteiger partial charge is 0.222 e. The summed E-state index contributed by atoms with van der Waals surface area (Å²) in [6.45, 7) is 5.71. The zero-order valence-corrected chi connectivity index (χ0v) is 8.47. The van der Waals surface area contributed by atoms with Gasteiger partial charge in [-0.2, -0.15) is 0 Å². The molecule has 1 unspecified atom stereocenters. The molecule has 3 heteroatoms. The van der Waals surface area contributed by atoms with Gasteiger partial charge in [-0.3, -0.25) is 4.79 Å². The fourth-order valence-corrected chi connectivity index (χ4v) is 1.69. The lowest BCUT2D eigenvalue weighted by molar-refractivity contribution is -0.130. The fourth-order valence-electron chi connectivity index (χ4n) is 1.42. The van der Waals surface area contributed by atoms with Crippen molar-refractivity contribution in [3.63, 3.8) is 0 Å². The maximum absolute atomic E-state index is 11.5. The van der Waals surface area contributed by atoms with Crippen molar-refractivity contribution in [1.29, 1.82) is 0 Å². The molecule has 0 aromatic heterocycles. The van der Waals surface area contributed by atoms with Crippen molar-refractivity contribution in [2.45, 2.75) is 32.1 Å². The van der Waals surface area contributed by atoms with Gasteiger partial charge in [0.15, 0.2) is 0 Å². The van der Waals surface area contributed by atoms with Crippen molar-refractivity contribution in [3.8, 4) is 0 Å². The minimum Gasteiger partial charge on any atom is -0.341 e. The molecule has 2 nitrogen and oxygen atoms in total. The summed E-state index contributed by atoms with van der Waals surface area (Å²) >= 11 is 5.89. The summed E-state index contributed by atoms with van der Waals surface area (Å²) in [5.74, 6) is 0.708. The van der Waals surface area contributed by atoms with E-state index in [9.17, 15) is 4.79 Å². The third-order valence-corrected chi connectivity index (χ3v) is 2.42. The molecule has 0 spiro atoms. The van der Waals surface area contributed by atoms with Crippen molar-refractivity contribution in [2.75, 3.05) is 13.1 Å². The molecule has 1 aliphatic rings. The SMILES string of the molecule is CC(C)CC(=O)N1CCC(Cl)C1. The van der Waals surface area contributed by atoms with Crippen molar-refractivity contribution >= 4 is 17.5 Å². The Labute approximate surface area is 78.9 Å². The molecular formula is C9H16ClNO. The van der Waals surface area contributed by atoms with E-state index in [0.717, 1.165) is 19.5 Å². The molecule has 1 aliphatic heterocycles. The Morgan fingerprint density at radius 1 is 1.67 bits per heavy atom. The maximum Gasteiger partial charge on any atom is 0.222 e. The van der Waals surface area contributed by atoms with Crippen LogP contribution in [0.2, 0.25) is 0 Å². The quantitative estimate of drug-likeness (QED) is 0.608. The highest BCUT2D eigenvalue weighted by molar-refractivity contribution is 6.21. The summed E-state index contributed by atoms with van der Waals surface area (Å²) in [7, 11) is 0. The molecule has 70 valence electrons. The van der Waals surface area contributed by atoms with Gasteiger partial charge in [-0.05, 0) is 12.3 Å². The molecule has 1 amide bonds. The fraction of sp³-hybridized carbons (Fsp3) is 0.889. The minimum atomic E-state index is 0.182. The van der Waals surface area contributed by atoms with E-state index in [-0.39, 0.29) is 11.3 Å². The Hall–Kier alpha value is -0.240. The van der Waals surface area contributed by atoms with Crippen molar-refractivity contribution in [2.24, 2.45) is 5.92 Å².